The summed E-state index contributed by atoms with van der Waals surface area (Å²) >= 11 is -8.29. The van der Waals surface area contributed by atoms with Gasteiger partial charge in [-0.2, -0.15) is 0 Å². The van der Waals surface area contributed by atoms with Crippen molar-refractivity contribution < 1.29 is 30.1 Å². The third kappa shape index (κ3) is 6.68. The minimum atomic E-state index is -8.29. The van der Waals surface area contributed by atoms with Crippen molar-refractivity contribution in [3.8, 4) is 0 Å². The van der Waals surface area contributed by atoms with E-state index in [9.17, 15) is 12.4 Å². The van der Waals surface area contributed by atoms with Gasteiger partial charge in [0.2, 0.25) is 0 Å². The van der Waals surface area contributed by atoms with E-state index >= 15 is 0 Å². The molecular formula is C8H19F4N4Ti. The van der Waals surface area contributed by atoms with Gasteiger partial charge in [-0.1, -0.05) is 0 Å². The summed E-state index contributed by atoms with van der Waals surface area (Å²) in [5.74, 6) is 0. The van der Waals surface area contributed by atoms with Crippen molar-refractivity contribution in [1.82, 2.24) is 19.3 Å². The van der Waals surface area contributed by atoms with Crippen molar-refractivity contribution in [1.29, 1.82) is 0 Å². The Morgan fingerprint density at radius 2 is 1.00 bits per heavy atom. The summed E-state index contributed by atoms with van der Waals surface area (Å²) < 4.78 is 51.1. The predicted molar refractivity (Wildman–Crippen MR) is 54.6 cm³/mol. The van der Waals surface area contributed by atoms with Gasteiger partial charge >= 0.3 is 102 Å². The van der Waals surface area contributed by atoms with Crippen molar-refractivity contribution >= 4 is 0 Å². The number of hydrogen-bond donors (Lipinski definition) is 3. The first-order chi connectivity index (χ1) is 7.86. The van der Waals surface area contributed by atoms with Crippen LogP contribution in [0.1, 0.15) is 0 Å². The van der Waals surface area contributed by atoms with E-state index in [-0.39, 0.29) is 29.6 Å². The van der Waals surface area contributed by atoms with Crippen LogP contribution in [-0.4, -0.2) is 55.7 Å². The molecule has 103 valence electrons. The van der Waals surface area contributed by atoms with E-state index in [0.29, 0.717) is 26.2 Å². The van der Waals surface area contributed by atoms with Gasteiger partial charge in [-0.3, -0.25) is 0 Å². The molecule has 0 aromatic rings. The summed E-state index contributed by atoms with van der Waals surface area (Å²) in [6, 6.07) is 0. The first-order valence-electron chi connectivity index (χ1n) is 5.73. The molecule has 3 N–H and O–H groups in total. The van der Waals surface area contributed by atoms with Crippen LogP contribution in [0, 0.1) is 0 Å². The fraction of sp³-hybridized carbons (Fsp3) is 1.00. The van der Waals surface area contributed by atoms with E-state index in [1.54, 1.807) is 0 Å². The monoisotopic (exact) mass is 295 g/mol. The van der Waals surface area contributed by atoms with Gasteiger partial charge in [-0.15, -0.1) is 0 Å². The van der Waals surface area contributed by atoms with E-state index in [4.69, 9.17) is 0 Å². The second-order valence-corrected chi connectivity index (χ2v) is 7.39. The Morgan fingerprint density at radius 3 is 1.35 bits per heavy atom. The first-order valence-corrected chi connectivity index (χ1v) is 8.79. The van der Waals surface area contributed by atoms with Gasteiger partial charge in [0, 0.05) is 0 Å². The Bertz CT molecular complexity index is 214. The van der Waals surface area contributed by atoms with E-state index in [0.717, 1.165) is 0 Å². The van der Waals surface area contributed by atoms with Crippen molar-refractivity contribution in [3.63, 3.8) is 0 Å². The summed E-state index contributed by atoms with van der Waals surface area (Å²) in [5.41, 5.74) is 0. The molecule has 1 aliphatic heterocycles. The van der Waals surface area contributed by atoms with Crippen molar-refractivity contribution in [2.45, 2.75) is 0 Å². The summed E-state index contributed by atoms with van der Waals surface area (Å²) in [4.78, 5) is 0. The van der Waals surface area contributed by atoms with Crippen LogP contribution < -0.4 is 16.0 Å². The Hall–Kier alpha value is 0.274. The maximum absolute atomic E-state index is 12.7. The van der Waals surface area contributed by atoms with Gasteiger partial charge in [0.25, 0.3) is 0 Å². The van der Waals surface area contributed by atoms with Crippen LogP contribution in [0.3, 0.4) is 0 Å². The summed E-state index contributed by atoms with van der Waals surface area (Å²) in [6.07, 6.45) is 0. The fourth-order valence-electron chi connectivity index (χ4n) is 1.61. The van der Waals surface area contributed by atoms with Crippen molar-refractivity contribution in [2.75, 3.05) is 52.4 Å². The third-order valence-electron chi connectivity index (χ3n) is 2.55. The minimum absolute atomic E-state index is 0.0895. The molecule has 1 aliphatic rings. The molecule has 1 saturated heterocycles. The van der Waals surface area contributed by atoms with Crippen molar-refractivity contribution in [3.05, 3.63) is 0 Å². The molecule has 0 aromatic carbocycles. The SMILES string of the molecule is [F][Ti]([F])([F])([F])[N]1CCNCCNCCNCC1. The molecule has 0 bridgehead atoms. The number of rotatable bonds is 1. The zero-order valence-electron chi connectivity index (χ0n) is 9.62. The molecule has 4 nitrogen and oxygen atoms in total. The first kappa shape index (κ1) is 15.3. The Kier molecular flexibility index (Phi) is 5.81. The molecule has 9 heteroatoms. The van der Waals surface area contributed by atoms with E-state index in [1.165, 1.54) is 0 Å². The topological polar surface area (TPSA) is 39.3 Å². The summed E-state index contributed by atoms with van der Waals surface area (Å²) in [5, 5.41) is 8.85. The summed E-state index contributed by atoms with van der Waals surface area (Å²) in [6.45, 7) is 2.28. The molecule has 0 spiro atoms. The number of halogens is 4. The number of nitrogens with zero attached hydrogens (tertiary/aromatic N) is 1. The third-order valence-corrected chi connectivity index (χ3v) is 4.74. The van der Waals surface area contributed by atoms with Gasteiger partial charge in [-0.25, -0.2) is 0 Å². The average Bonchev–Trinajstić information content (AvgIpc) is 2.15. The van der Waals surface area contributed by atoms with Gasteiger partial charge in [-0.05, 0) is 0 Å². The fourth-order valence-corrected chi connectivity index (χ4v) is 3.01. The van der Waals surface area contributed by atoms with Gasteiger partial charge in [0.05, 0.1) is 0 Å². The summed E-state index contributed by atoms with van der Waals surface area (Å²) in [7, 11) is 0. The van der Waals surface area contributed by atoms with E-state index < -0.39 is 17.7 Å². The van der Waals surface area contributed by atoms with Crippen LogP contribution in [0.25, 0.3) is 0 Å². The molecule has 0 saturated carbocycles. The van der Waals surface area contributed by atoms with Gasteiger partial charge in [0.1, 0.15) is 0 Å². The van der Waals surface area contributed by atoms with Crippen LogP contribution in [0.5, 0.6) is 0 Å². The van der Waals surface area contributed by atoms with E-state index in [2.05, 4.69) is 16.0 Å². The molecule has 0 aromatic heterocycles. The number of hydrogen-bond acceptors (Lipinski definition) is 4. The molecule has 0 unspecified atom stereocenters. The van der Waals surface area contributed by atoms with Crippen LogP contribution in [0.15, 0.2) is 0 Å². The van der Waals surface area contributed by atoms with Gasteiger partial charge < -0.3 is 0 Å². The van der Waals surface area contributed by atoms with Crippen molar-refractivity contribution in [2.24, 2.45) is 0 Å². The van der Waals surface area contributed by atoms with Crippen LogP contribution in [0.4, 0.5) is 12.4 Å². The maximum atomic E-state index is 12.7. The van der Waals surface area contributed by atoms with Crippen LogP contribution >= 0.6 is 0 Å². The van der Waals surface area contributed by atoms with Crippen LogP contribution in [-0.2, 0) is 17.7 Å². The molecule has 1 heterocycles. The average molecular weight is 295 g/mol. The molecule has 0 amide bonds. The normalized spacial score (nSPS) is 25.3. The molecule has 1 rings (SSSR count). The molecule has 0 aliphatic carbocycles. The van der Waals surface area contributed by atoms with Crippen LogP contribution in [0.2, 0.25) is 0 Å². The Morgan fingerprint density at radius 1 is 0.647 bits per heavy atom. The second-order valence-electron chi connectivity index (χ2n) is 4.00. The Labute approximate surface area is 102 Å². The second kappa shape index (κ2) is 6.44. The zero-order valence-corrected chi connectivity index (χ0v) is 11.2. The number of nitrogens with one attached hydrogen (secondary N) is 3. The molecule has 0 atom stereocenters. The standard InChI is InChI=1S/C8H19N4.4FH.Ti/c1-2-10-5-6-12-8-7-11-4-3-9-1;;;;;/h9-11H,1-8H2;4*1H;/q-1;;;;;+5/p-4. The molecule has 17 heavy (non-hydrogen) atoms. The zero-order chi connectivity index (χ0) is 12.8. The molecule has 0 radical (unpaired) electrons. The quantitative estimate of drug-likeness (QED) is 0.478. The Balaban J connectivity index is 2.49. The molecule has 1 fully saturated rings. The van der Waals surface area contributed by atoms with Gasteiger partial charge in [0.15, 0.2) is 0 Å². The van der Waals surface area contributed by atoms with E-state index in [1.807, 2.05) is 0 Å². The predicted octanol–water partition coefficient (Wildman–Crippen LogP) is 0.213. The molecular weight excluding hydrogens is 276 g/mol.